The van der Waals surface area contributed by atoms with Crippen molar-refractivity contribution in [3.05, 3.63) is 70.0 Å². The molecule has 19 heavy (non-hydrogen) atoms. The summed E-state index contributed by atoms with van der Waals surface area (Å²) in [5.74, 6) is -2.24. The van der Waals surface area contributed by atoms with E-state index in [1.807, 2.05) is 0 Å². The van der Waals surface area contributed by atoms with E-state index in [-0.39, 0.29) is 4.83 Å². The molecule has 0 nitrogen and oxygen atoms in total. The summed E-state index contributed by atoms with van der Waals surface area (Å²) in [6.07, 6.45) is 0.343. The lowest BCUT2D eigenvalue weighted by Crippen LogP contribution is -1.99. The number of hydrogen-bond acceptors (Lipinski definition) is 0. The minimum Gasteiger partial charge on any atom is -0.207 e. The maximum absolute atomic E-state index is 13.7. The highest BCUT2D eigenvalue weighted by atomic mass is 79.9. The summed E-state index contributed by atoms with van der Waals surface area (Å²) >= 11 is 9.02. The van der Waals surface area contributed by atoms with Gasteiger partial charge in [0.1, 0.15) is 5.82 Å². The molecule has 0 heterocycles. The lowest BCUT2D eigenvalue weighted by Gasteiger charge is -2.12. The molecule has 0 aliphatic heterocycles. The van der Waals surface area contributed by atoms with E-state index in [1.54, 1.807) is 12.1 Å². The minimum absolute atomic E-state index is 0.314. The summed E-state index contributed by atoms with van der Waals surface area (Å²) in [5.41, 5.74) is 1.00. The Balaban J connectivity index is 2.20. The third-order valence-electron chi connectivity index (χ3n) is 2.70. The van der Waals surface area contributed by atoms with Crippen molar-refractivity contribution >= 4 is 27.5 Å². The van der Waals surface area contributed by atoms with Crippen LogP contribution in [0.25, 0.3) is 0 Å². The quantitative estimate of drug-likeness (QED) is 0.648. The molecule has 0 saturated heterocycles. The van der Waals surface area contributed by atoms with E-state index < -0.39 is 17.5 Å². The molecule has 0 aromatic heterocycles. The zero-order chi connectivity index (χ0) is 14.0. The van der Waals surface area contributed by atoms with Crippen molar-refractivity contribution in [2.24, 2.45) is 0 Å². The molecule has 0 aliphatic carbocycles. The van der Waals surface area contributed by atoms with Crippen molar-refractivity contribution in [1.82, 2.24) is 0 Å². The van der Waals surface area contributed by atoms with E-state index in [4.69, 9.17) is 11.6 Å². The molecule has 1 atom stereocenters. The fraction of sp³-hybridized carbons (Fsp3) is 0.143. The van der Waals surface area contributed by atoms with Gasteiger partial charge in [0.25, 0.3) is 0 Å². The lowest BCUT2D eigenvalue weighted by atomic mass is 10.0. The maximum atomic E-state index is 13.7. The van der Waals surface area contributed by atoms with Gasteiger partial charge in [-0.15, -0.1) is 0 Å². The molecule has 2 aromatic carbocycles. The Hall–Kier alpha value is -1.00. The van der Waals surface area contributed by atoms with Crippen LogP contribution in [0, 0.1) is 17.5 Å². The van der Waals surface area contributed by atoms with Crippen LogP contribution >= 0.6 is 27.5 Å². The summed E-state index contributed by atoms with van der Waals surface area (Å²) < 4.78 is 39.6. The van der Waals surface area contributed by atoms with Gasteiger partial charge >= 0.3 is 0 Å². The summed E-state index contributed by atoms with van der Waals surface area (Å²) in [6.45, 7) is 0. The summed E-state index contributed by atoms with van der Waals surface area (Å²) in [7, 11) is 0. The molecule has 0 fully saturated rings. The van der Waals surface area contributed by atoms with Crippen LogP contribution in [0.3, 0.4) is 0 Å². The molecule has 0 radical (unpaired) electrons. The number of rotatable bonds is 3. The van der Waals surface area contributed by atoms with E-state index in [0.717, 1.165) is 12.1 Å². The Morgan fingerprint density at radius 3 is 2.32 bits per heavy atom. The van der Waals surface area contributed by atoms with Gasteiger partial charge in [0.15, 0.2) is 11.6 Å². The van der Waals surface area contributed by atoms with Crippen LogP contribution in [0.15, 0.2) is 36.4 Å². The molecule has 0 amide bonds. The Labute approximate surface area is 122 Å². The van der Waals surface area contributed by atoms with Gasteiger partial charge in [-0.25, -0.2) is 13.2 Å². The molecular weight excluding hydrogens is 341 g/mol. The molecule has 100 valence electrons. The van der Waals surface area contributed by atoms with E-state index >= 15 is 0 Å². The summed E-state index contributed by atoms with van der Waals surface area (Å²) in [4.78, 5) is -0.338. The van der Waals surface area contributed by atoms with E-state index in [9.17, 15) is 13.2 Å². The normalized spacial score (nSPS) is 12.5. The van der Waals surface area contributed by atoms with E-state index in [0.29, 0.717) is 22.6 Å². The van der Waals surface area contributed by atoms with Crippen molar-refractivity contribution in [3.63, 3.8) is 0 Å². The van der Waals surface area contributed by atoms with Crippen LogP contribution in [-0.2, 0) is 6.42 Å². The standard InChI is InChI=1S/C14H9BrClF3/c15-11(10-3-2-9(16)7-13(10)18)5-8-1-4-12(17)14(19)6-8/h1-4,6-7,11H,5H2. The van der Waals surface area contributed by atoms with Gasteiger partial charge in [0.2, 0.25) is 0 Å². The van der Waals surface area contributed by atoms with Crippen molar-refractivity contribution < 1.29 is 13.2 Å². The first-order valence-corrected chi connectivity index (χ1v) is 6.79. The first-order valence-electron chi connectivity index (χ1n) is 5.50. The Morgan fingerprint density at radius 2 is 1.68 bits per heavy atom. The topological polar surface area (TPSA) is 0 Å². The van der Waals surface area contributed by atoms with Crippen LogP contribution in [0.1, 0.15) is 16.0 Å². The van der Waals surface area contributed by atoms with Crippen LogP contribution in [0.4, 0.5) is 13.2 Å². The van der Waals surface area contributed by atoms with E-state index in [1.165, 1.54) is 12.1 Å². The van der Waals surface area contributed by atoms with Gasteiger partial charge in [-0.05, 0) is 36.2 Å². The maximum Gasteiger partial charge on any atom is 0.159 e. The third kappa shape index (κ3) is 3.51. The predicted molar refractivity (Wildman–Crippen MR) is 73.1 cm³/mol. The minimum atomic E-state index is -0.909. The highest BCUT2D eigenvalue weighted by Gasteiger charge is 2.14. The van der Waals surface area contributed by atoms with Gasteiger partial charge in [-0.1, -0.05) is 39.7 Å². The van der Waals surface area contributed by atoms with Crippen molar-refractivity contribution in [1.29, 1.82) is 0 Å². The largest absolute Gasteiger partial charge is 0.207 e. The van der Waals surface area contributed by atoms with Gasteiger partial charge in [-0.3, -0.25) is 0 Å². The molecular formula is C14H9BrClF3. The van der Waals surface area contributed by atoms with Crippen LogP contribution in [0.5, 0.6) is 0 Å². The van der Waals surface area contributed by atoms with Crippen molar-refractivity contribution in [2.75, 3.05) is 0 Å². The van der Waals surface area contributed by atoms with Crippen LogP contribution in [0.2, 0.25) is 5.02 Å². The highest BCUT2D eigenvalue weighted by Crippen LogP contribution is 2.30. The fourth-order valence-corrected chi connectivity index (χ4v) is 2.64. The lowest BCUT2D eigenvalue weighted by molar-refractivity contribution is 0.507. The summed E-state index contributed by atoms with van der Waals surface area (Å²) in [5, 5.41) is 0.314. The fourth-order valence-electron chi connectivity index (χ4n) is 1.74. The predicted octanol–water partition coefficient (Wildman–Crippen LogP) is 5.44. The van der Waals surface area contributed by atoms with Gasteiger partial charge < -0.3 is 0 Å². The highest BCUT2D eigenvalue weighted by molar-refractivity contribution is 9.09. The number of hydrogen-bond donors (Lipinski definition) is 0. The van der Waals surface area contributed by atoms with E-state index in [2.05, 4.69) is 15.9 Å². The Morgan fingerprint density at radius 1 is 0.947 bits per heavy atom. The second-order valence-corrected chi connectivity index (χ2v) is 5.63. The number of halogens is 5. The van der Waals surface area contributed by atoms with Crippen LogP contribution < -0.4 is 0 Å². The SMILES string of the molecule is Fc1ccc(CC(Br)c2ccc(Cl)cc2F)cc1F. The Bertz CT molecular complexity index is 601. The molecule has 5 heteroatoms. The van der Waals surface area contributed by atoms with Gasteiger partial charge in [0, 0.05) is 15.4 Å². The number of benzene rings is 2. The molecule has 0 N–H and O–H groups in total. The smallest absolute Gasteiger partial charge is 0.159 e. The van der Waals surface area contributed by atoms with Crippen molar-refractivity contribution in [3.8, 4) is 0 Å². The zero-order valence-corrected chi connectivity index (χ0v) is 12.0. The molecule has 1 unspecified atom stereocenters. The first kappa shape index (κ1) is 14.4. The molecule has 0 aliphatic rings. The first-order chi connectivity index (χ1) is 8.97. The molecule has 0 spiro atoms. The van der Waals surface area contributed by atoms with Gasteiger partial charge in [0.05, 0.1) is 0 Å². The monoisotopic (exact) mass is 348 g/mol. The second-order valence-electron chi connectivity index (χ2n) is 4.09. The number of alkyl halides is 1. The molecule has 2 aromatic rings. The third-order valence-corrected chi connectivity index (χ3v) is 3.75. The van der Waals surface area contributed by atoms with Crippen LogP contribution in [-0.4, -0.2) is 0 Å². The van der Waals surface area contributed by atoms with Gasteiger partial charge in [-0.2, -0.15) is 0 Å². The molecule has 0 bridgehead atoms. The average molecular weight is 350 g/mol. The Kier molecular flexibility index (Phi) is 4.53. The average Bonchev–Trinajstić information content (AvgIpc) is 2.33. The zero-order valence-electron chi connectivity index (χ0n) is 9.64. The molecule has 0 saturated carbocycles. The second kappa shape index (κ2) is 5.97. The summed E-state index contributed by atoms with van der Waals surface area (Å²) in [6, 6.07) is 8.01. The van der Waals surface area contributed by atoms with Crippen molar-refractivity contribution in [2.45, 2.75) is 11.2 Å². The molecule has 2 rings (SSSR count).